The Hall–Kier alpha value is -1.11. The number of carbonyl (C=O) groups excluding carboxylic acids is 1. The lowest BCUT2D eigenvalue weighted by Crippen LogP contribution is -2.45. The maximum Gasteiger partial charge on any atom is 0.221 e. The number of rotatable bonds is 5. The van der Waals surface area contributed by atoms with Crippen molar-refractivity contribution in [1.29, 1.82) is 0 Å². The highest BCUT2D eigenvalue weighted by atomic mass is 35.5. The molecule has 2 rings (SSSR count). The van der Waals surface area contributed by atoms with Gasteiger partial charge in [0.05, 0.1) is 27.8 Å². The van der Waals surface area contributed by atoms with Crippen molar-refractivity contribution >= 4 is 27.3 Å². The van der Waals surface area contributed by atoms with E-state index in [2.05, 4.69) is 5.32 Å². The number of hydrogen-bond donors (Lipinski definition) is 2. The van der Waals surface area contributed by atoms with Gasteiger partial charge in [-0.2, -0.15) is 0 Å². The van der Waals surface area contributed by atoms with E-state index in [1.54, 1.807) is 12.1 Å². The van der Waals surface area contributed by atoms with Crippen LogP contribution in [-0.2, 0) is 14.6 Å². The quantitative estimate of drug-likeness (QED) is 0.854. The van der Waals surface area contributed by atoms with E-state index in [9.17, 15) is 18.3 Å². The molecule has 1 aromatic carbocycles. The van der Waals surface area contributed by atoms with Crippen LogP contribution in [0.15, 0.2) is 29.2 Å². The van der Waals surface area contributed by atoms with Crippen LogP contribution in [-0.4, -0.2) is 37.3 Å². The molecule has 0 aromatic heterocycles. The van der Waals surface area contributed by atoms with E-state index in [4.69, 9.17) is 11.6 Å². The Labute approximate surface area is 135 Å². The lowest BCUT2D eigenvalue weighted by Gasteiger charge is -2.28. The zero-order chi connectivity index (χ0) is 16.2. The molecule has 1 fully saturated rings. The number of aliphatic hydroxyl groups is 1. The Kier molecular flexibility index (Phi) is 5.83. The fourth-order valence-electron chi connectivity index (χ4n) is 2.59. The highest BCUT2D eigenvalue weighted by Crippen LogP contribution is 2.22. The fraction of sp³-hybridized carbons (Fsp3) is 0.533. The molecule has 0 heterocycles. The van der Waals surface area contributed by atoms with E-state index in [0.29, 0.717) is 6.42 Å². The fourth-order valence-corrected chi connectivity index (χ4v) is 4.41. The third-order valence-corrected chi connectivity index (χ3v) is 6.05. The van der Waals surface area contributed by atoms with Gasteiger partial charge in [0.25, 0.3) is 0 Å². The van der Waals surface area contributed by atoms with Gasteiger partial charge >= 0.3 is 0 Å². The summed E-state index contributed by atoms with van der Waals surface area (Å²) >= 11 is 5.89. The molecule has 1 saturated carbocycles. The number of amides is 1. The first kappa shape index (κ1) is 17.2. The Morgan fingerprint density at radius 2 is 1.95 bits per heavy atom. The largest absolute Gasteiger partial charge is 0.391 e. The smallest absolute Gasteiger partial charge is 0.221 e. The molecule has 122 valence electrons. The standard InChI is InChI=1S/C15H20ClNO4S/c16-11-5-1-4-8-14(11)22(20,21)10-9-15(19)17-12-6-2-3-7-13(12)18/h1,4-5,8,12-13,18H,2-3,6-7,9-10H2,(H,17,19)/t12-,13+/m1/s1. The molecule has 0 unspecified atom stereocenters. The van der Waals surface area contributed by atoms with Gasteiger partial charge in [-0.05, 0) is 25.0 Å². The van der Waals surface area contributed by atoms with Crippen molar-refractivity contribution in [3.8, 4) is 0 Å². The molecular formula is C15H20ClNO4S. The van der Waals surface area contributed by atoms with Crippen molar-refractivity contribution in [2.45, 2.75) is 49.1 Å². The van der Waals surface area contributed by atoms with Crippen molar-refractivity contribution in [3.63, 3.8) is 0 Å². The number of benzene rings is 1. The van der Waals surface area contributed by atoms with Crippen LogP contribution in [0.5, 0.6) is 0 Å². The average molecular weight is 346 g/mol. The van der Waals surface area contributed by atoms with Gasteiger partial charge in [-0.15, -0.1) is 0 Å². The lowest BCUT2D eigenvalue weighted by atomic mass is 9.92. The van der Waals surface area contributed by atoms with Gasteiger partial charge in [0.2, 0.25) is 5.91 Å². The number of sulfone groups is 1. The highest BCUT2D eigenvalue weighted by Gasteiger charge is 2.25. The number of aliphatic hydroxyl groups excluding tert-OH is 1. The molecule has 5 nitrogen and oxygen atoms in total. The normalized spacial score (nSPS) is 22.3. The summed E-state index contributed by atoms with van der Waals surface area (Å²) in [6.45, 7) is 0. The van der Waals surface area contributed by atoms with E-state index >= 15 is 0 Å². The second-order valence-corrected chi connectivity index (χ2v) is 8.01. The molecule has 2 atom stereocenters. The zero-order valence-corrected chi connectivity index (χ0v) is 13.7. The predicted octanol–water partition coefficient (Wildman–Crippen LogP) is 1.92. The van der Waals surface area contributed by atoms with Crippen LogP contribution in [0.2, 0.25) is 5.02 Å². The molecule has 0 spiro atoms. The minimum absolute atomic E-state index is 0.0437. The summed E-state index contributed by atoms with van der Waals surface area (Å²) in [5.41, 5.74) is 0. The maximum absolute atomic E-state index is 12.2. The van der Waals surface area contributed by atoms with Gasteiger partial charge in [-0.25, -0.2) is 8.42 Å². The SMILES string of the molecule is O=C(CCS(=O)(=O)c1ccccc1Cl)N[C@@H]1CCCC[C@@H]1O. The van der Waals surface area contributed by atoms with Gasteiger partial charge in [0.15, 0.2) is 9.84 Å². The predicted molar refractivity (Wildman–Crippen MR) is 84.5 cm³/mol. The third kappa shape index (κ3) is 4.44. The number of nitrogens with one attached hydrogen (secondary N) is 1. The summed E-state index contributed by atoms with van der Waals surface area (Å²) in [6.07, 6.45) is 2.62. The van der Waals surface area contributed by atoms with Gasteiger partial charge < -0.3 is 10.4 Å². The Morgan fingerprint density at radius 3 is 2.64 bits per heavy atom. The van der Waals surface area contributed by atoms with Crippen LogP contribution in [0.1, 0.15) is 32.1 Å². The average Bonchev–Trinajstić information content (AvgIpc) is 2.48. The van der Waals surface area contributed by atoms with Crippen LogP contribution in [0.3, 0.4) is 0 Å². The molecule has 2 N–H and O–H groups in total. The molecule has 1 aliphatic rings. The molecule has 0 radical (unpaired) electrons. The van der Waals surface area contributed by atoms with Crippen molar-refractivity contribution < 1.29 is 18.3 Å². The summed E-state index contributed by atoms with van der Waals surface area (Å²) in [4.78, 5) is 11.9. The maximum atomic E-state index is 12.2. The second-order valence-electron chi connectivity index (χ2n) is 5.53. The second kappa shape index (κ2) is 7.44. The van der Waals surface area contributed by atoms with Crippen LogP contribution in [0.25, 0.3) is 0 Å². The summed E-state index contributed by atoms with van der Waals surface area (Å²) in [5, 5.41) is 12.7. The van der Waals surface area contributed by atoms with E-state index < -0.39 is 15.9 Å². The lowest BCUT2D eigenvalue weighted by molar-refractivity contribution is -0.122. The summed E-state index contributed by atoms with van der Waals surface area (Å²) in [7, 11) is -3.60. The Bertz CT molecular complexity index is 632. The molecule has 1 amide bonds. The van der Waals surface area contributed by atoms with Gasteiger partial charge in [-0.3, -0.25) is 4.79 Å². The van der Waals surface area contributed by atoms with Crippen molar-refractivity contribution in [2.75, 3.05) is 5.75 Å². The Balaban J connectivity index is 1.92. The Morgan fingerprint density at radius 1 is 1.27 bits per heavy atom. The molecule has 7 heteroatoms. The van der Waals surface area contributed by atoms with Gasteiger partial charge in [0.1, 0.15) is 0 Å². The zero-order valence-electron chi connectivity index (χ0n) is 12.2. The van der Waals surface area contributed by atoms with Crippen LogP contribution in [0.4, 0.5) is 0 Å². The van der Waals surface area contributed by atoms with Crippen molar-refractivity contribution in [1.82, 2.24) is 5.32 Å². The summed E-state index contributed by atoms with van der Waals surface area (Å²) in [6, 6.07) is 5.91. The number of hydrogen-bond acceptors (Lipinski definition) is 4. The number of halogens is 1. The first-order chi connectivity index (χ1) is 10.4. The molecule has 1 aliphatic carbocycles. The minimum Gasteiger partial charge on any atom is -0.391 e. The minimum atomic E-state index is -3.60. The molecule has 1 aromatic rings. The summed E-state index contributed by atoms with van der Waals surface area (Å²) in [5.74, 6) is -0.660. The first-order valence-corrected chi connectivity index (χ1v) is 9.38. The highest BCUT2D eigenvalue weighted by molar-refractivity contribution is 7.91. The first-order valence-electron chi connectivity index (χ1n) is 7.35. The van der Waals surface area contributed by atoms with Gasteiger partial charge in [-0.1, -0.05) is 36.6 Å². The molecule has 0 aliphatic heterocycles. The molecular weight excluding hydrogens is 326 g/mol. The molecule has 0 saturated heterocycles. The van der Waals surface area contributed by atoms with Crippen LogP contribution >= 0.6 is 11.6 Å². The van der Waals surface area contributed by atoms with E-state index in [1.165, 1.54) is 12.1 Å². The summed E-state index contributed by atoms with van der Waals surface area (Å²) < 4.78 is 24.4. The number of carbonyl (C=O) groups is 1. The molecule has 22 heavy (non-hydrogen) atoms. The van der Waals surface area contributed by atoms with Crippen molar-refractivity contribution in [2.24, 2.45) is 0 Å². The monoisotopic (exact) mass is 345 g/mol. The van der Waals surface area contributed by atoms with E-state index in [0.717, 1.165) is 19.3 Å². The van der Waals surface area contributed by atoms with Crippen LogP contribution in [0, 0.1) is 0 Å². The van der Waals surface area contributed by atoms with Crippen LogP contribution < -0.4 is 5.32 Å². The topological polar surface area (TPSA) is 83.5 Å². The molecule has 0 bridgehead atoms. The van der Waals surface area contributed by atoms with Gasteiger partial charge in [0, 0.05) is 6.42 Å². The van der Waals surface area contributed by atoms with E-state index in [-0.39, 0.29) is 34.0 Å². The van der Waals surface area contributed by atoms with E-state index in [1.807, 2.05) is 0 Å². The van der Waals surface area contributed by atoms with Crippen molar-refractivity contribution in [3.05, 3.63) is 29.3 Å². The third-order valence-electron chi connectivity index (χ3n) is 3.85.